The third kappa shape index (κ3) is 5.94. The maximum Gasteiger partial charge on any atom is 0.407 e. The quantitative estimate of drug-likeness (QED) is 0.394. The van der Waals surface area contributed by atoms with Gasteiger partial charge in [0.2, 0.25) is 0 Å². The van der Waals surface area contributed by atoms with Gasteiger partial charge >= 0.3 is 6.09 Å². The molecule has 0 spiro atoms. The Morgan fingerprint density at radius 1 is 1.10 bits per heavy atom. The van der Waals surface area contributed by atoms with E-state index in [0.29, 0.717) is 6.42 Å². The summed E-state index contributed by atoms with van der Waals surface area (Å²) >= 11 is 0. The molecule has 0 fully saturated rings. The van der Waals surface area contributed by atoms with E-state index in [1.807, 2.05) is 74.6 Å². The van der Waals surface area contributed by atoms with Crippen LogP contribution in [0.3, 0.4) is 0 Å². The van der Waals surface area contributed by atoms with Gasteiger partial charge in [-0.15, -0.1) is 0 Å². The molecule has 1 atom stereocenters. The Morgan fingerprint density at radius 3 is 2.60 bits per heavy atom. The van der Waals surface area contributed by atoms with E-state index in [0.717, 1.165) is 22.0 Å². The van der Waals surface area contributed by atoms with Crippen molar-refractivity contribution in [3.05, 3.63) is 71.9 Å². The highest BCUT2D eigenvalue weighted by Crippen LogP contribution is 2.19. The molecule has 1 heterocycles. The van der Waals surface area contributed by atoms with Crippen molar-refractivity contribution in [3.8, 4) is 0 Å². The Hall–Kier alpha value is -3.61. The molecule has 156 valence electrons. The van der Waals surface area contributed by atoms with Crippen LogP contribution in [0.4, 0.5) is 4.79 Å². The van der Waals surface area contributed by atoms with Gasteiger partial charge in [-0.2, -0.15) is 5.10 Å². The minimum Gasteiger partial charge on any atom is -0.449 e. The summed E-state index contributed by atoms with van der Waals surface area (Å²) in [5.41, 5.74) is 5.26. The minimum atomic E-state index is -0.836. The molecule has 3 aromatic rings. The average Bonchev–Trinajstić information content (AvgIpc) is 3.15. The molecule has 0 bridgehead atoms. The van der Waals surface area contributed by atoms with Crippen LogP contribution in [0, 0.1) is 5.92 Å². The van der Waals surface area contributed by atoms with Gasteiger partial charge in [0.05, 0.1) is 12.8 Å². The summed E-state index contributed by atoms with van der Waals surface area (Å²) in [5, 5.41) is 7.67. The molecule has 3 rings (SSSR count). The van der Waals surface area contributed by atoms with Crippen LogP contribution in [0.1, 0.15) is 25.0 Å². The normalized spacial score (nSPS) is 12.2. The SMILES string of the molecule is CC(C)COC(=O)N[C@H](Cc1c[nH]c2ccccc12)C(=O)N/N=C\c1ccccc1. The maximum atomic E-state index is 12.8. The lowest BCUT2D eigenvalue weighted by molar-refractivity contribution is -0.123. The number of fused-ring (bicyclic) bond motifs is 1. The van der Waals surface area contributed by atoms with E-state index in [9.17, 15) is 9.59 Å². The van der Waals surface area contributed by atoms with E-state index in [1.165, 1.54) is 0 Å². The summed E-state index contributed by atoms with van der Waals surface area (Å²) in [6.45, 7) is 4.17. The van der Waals surface area contributed by atoms with Gasteiger partial charge in [0.25, 0.3) is 5.91 Å². The summed E-state index contributed by atoms with van der Waals surface area (Å²) in [7, 11) is 0. The van der Waals surface area contributed by atoms with Gasteiger partial charge in [0, 0.05) is 23.5 Å². The van der Waals surface area contributed by atoms with Crippen LogP contribution in [-0.2, 0) is 16.0 Å². The second-order valence-electron chi connectivity index (χ2n) is 7.40. The molecule has 0 aliphatic rings. The fourth-order valence-corrected chi connectivity index (χ4v) is 2.94. The molecule has 2 aromatic carbocycles. The number of ether oxygens (including phenoxy) is 1. The standard InChI is InChI=1S/C23H26N4O3/c1-16(2)15-30-23(29)26-21(12-18-14-24-20-11-7-6-10-19(18)20)22(28)27-25-13-17-8-4-3-5-9-17/h3-11,13-14,16,21,24H,12,15H2,1-2H3,(H,26,29)(H,27,28)/b25-13-/t21-/m1/s1. The van der Waals surface area contributed by atoms with Crippen molar-refractivity contribution in [2.24, 2.45) is 11.0 Å². The smallest absolute Gasteiger partial charge is 0.407 e. The first kappa shape index (κ1) is 21.1. The van der Waals surface area contributed by atoms with Crippen molar-refractivity contribution in [1.82, 2.24) is 15.7 Å². The summed E-state index contributed by atoms with van der Waals surface area (Å²) in [5.74, 6) is -0.221. The molecule has 0 saturated carbocycles. The predicted octanol–water partition coefficient (Wildman–Crippen LogP) is 3.61. The van der Waals surface area contributed by atoms with Crippen molar-refractivity contribution in [1.29, 1.82) is 0 Å². The van der Waals surface area contributed by atoms with E-state index in [1.54, 1.807) is 6.21 Å². The molecule has 3 N–H and O–H groups in total. The number of aromatic nitrogens is 1. The lowest BCUT2D eigenvalue weighted by Gasteiger charge is -2.17. The van der Waals surface area contributed by atoms with Gasteiger partial charge in [-0.05, 0) is 23.1 Å². The number of amides is 2. The van der Waals surface area contributed by atoms with Crippen molar-refractivity contribution in [3.63, 3.8) is 0 Å². The molecular formula is C23H26N4O3. The van der Waals surface area contributed by atoms with E-state index < -0.39 is 18.0 Å². The number of nitrogens with zero attached hydrogens (tertiary/aromatic N) is 1. The molecular weight excluding hydrogens is 380 g/mol. The maximum absolute atomic E-state index is 12.8. The van der Waals surface area contributed by atoms with Gasteiger partial charge in [0.1, 0.15) is 6.04 Å². The number of carbonyl (C=O) groups excluding carboxylic acids is 2. The number of hydrogen-bond acceptors (Lipinski definition) is 4. The number of nitrogens with one attached hydrogen (secondary N) is 3. The number of rotatable bonds is 8. The van der Waals surface area contributed by atoms with Crippen LogP contribution in [0.2, 0.25) is 0 Å². The van der Waals surface area contributed by atoms with E-state index in [2.05, 4.69) is 20.8 Å². The predicted molar refractivity (Wildman–Crippen MR) is 117 cm³/mol. The molecule has 1 aromatic heterocycles. The molecule has 0 aliphatic heterocycles. The highest BCUT2D eigenvalue weighted by molar-refractivity contribution is 5.89. The van der Waals surface area contributed by atoms with Crippen LogP contribution in [-0.4, -0.2) is 35.8 Å². The van der Waals surface area contributed by atoms with Crippen LogP contribution in [0.25, 0.3) is 10.9 Å². The second kappa shape index (κ2) is 10.2. The number of hydrogen-bond donors (Lipinski definition) is 3. The van der Waals surface area contributed by atoms with E-state index >= 15 is 0 Å². The first-order chi connectivity index (χ1) is 14.5. The third-order valence-corrected chi connectivity index (χ3v) is 4.44. The van der Waals surface area contributed by atoms with E-state index in [-0.39, 0.29) is 12.5 Å². The topological polar surface area (TPSA) is 95.6 Å². The summed E-state index contributed by atoms with van der Waals surface area (Å²) in [6, 6.07) is 16.4. The number of H-pyrrole nitrogens is 1. The molecule has 0 radical (unpaired) electrons. The number of aromatic amines is 1. The number of alkyl carbamates (subject to hydrolysis) is 1. The minimum absolute atomic E-state index is 0.201. The van der Waals surface area contributed by atoms with Gasteiger partial charge in [0.15, 0.2) is 0 Å². The lowest BCUT2D eigenvalue weighted by atomic mass is 10.0. The lowest BCUT2D eigenvalue weighted by Crippen LogP contribution is -2.47. The van der Waals surface area contributed by atoms with E-state index in [4.69, 9.17) is 4.74 Å². The monoisotopic (exact) mass is 406 g/mol. The molecule has 0 unspecified atom stereocenters. The van der Waals surface area contributed by atoms with Gasteiger partial charge in [-0.1, -0.05) is 62.4 Å². The van der Waals surface area contributed by atoms with Crippen LogP contribution in [0.15, 0.2) is 65.9 Å². The molecule has 7 nitrogen and oxygen atoms in total. The van der Waals surface area contributed by atoms with Gasteiger partial charge < -0.3 is 15.0 Å². The zero-order valence-electron chi connectivity index (χ0n) is 17.1. The van der Waals surface area contributed by atoms with Gasteiger partial charge in [-0.25, -0.2) is 10.2 Å². The van der Waals surface area contributed by atoms with Crippen LogP contribution < -0.4 is 10.7 Å². The summed E-state index contributed by atoms with van der Waals surface area (Å²) in [4.78, 5) is 28.1. The Labute approximate surface area is 175 Å². The number of benzene rings is 2. The molecule has 7 heteroatoms. The van der Waals surface area contributed by atoms with Crippen molar-refractivity contribution in [2.45, 2.75) is 26.3 Å². The zero-order chi connectivity index (χ0) is 21.3. The second-order valence-corrected chi connectivity index (χ2v) is 7.40. The first-order valence-electron chi connectivity index (χ1n) is 9.89. The number of para-hydroxylation sites is 1. The summed E-state index contributed by atoms with van der Waals surface area (Å²) < 4.78 is 5.19. The van der Waals surface area contributed by atoms with Crippen molar-refractivity contribution < 1.29 is 14.3 Å². The fourth-order valence-electron chi connectivity index (χ4n) is 2.94. The van der Waals surface area contributed by atoms with Crippen molar-refractivity contribution in [2.75, 3.05) is 6.61 Å². The fraction of sp³-hybridized carbons (Fsp3) is 0.261. The zero-order valence-corrected chi connectivity index (χ0v) is 17.1. The molecule has 30 heavy (non-hydrogen) atoms. The molecule has 2 amide bonds. The van der Waals surface area contributed by atoms with Crippen LogP contribution >= 0.6 is 0 Å². The number of hydrazone groups is 1. The largest absolute Gasteiger partial charge is 0.449 e. The Bertz CT molecular complexity index is 1010. The third-order valence-electron chi connectivity index (χ3n) is 4.44. The molecule has 0 saturated heterocycles. The Kier molecular flexibility index (Phi) is 7.21. The Morgan fingerprint density at radius 2 is 1.83 bits per heavy atom. The van der Waals surface area contributed by atoms with Crippen LogP contribution in [0.5, 0.6) is 0 Å². The highest BCUT2D eigenvalue weighted by atomic mass is 16.5. The molecule has 0 aliphatic carbocycles. The highest BCUT2D eigenvalue weighted by Gasteiger charge is 2.23. The first-order valence-corrected chi connectivity index (χ1v) is 9.89. The average molecular weight is 406 g/mol. The van der Waals surface area contributed by atoms with Gasteiger partial charge in [-0.3, -0.25) is 4.79 Å². The summed E-state index contributed by atoms with van der Waals surface area (Å²) in [6.07, 6.45) is 3.07. The Balaban J connectivity index is 1.71. The number of carbonyl (C=O) groups is 2. The van der Waals surface area contributed by atoms with Crippen molar-refractivity contribution >= 4 is 29.1 Å².